The number of nitrogens with two attached hydrogens (primary N) is 1. The first-order chi connectivity index (χ1) is 8.95. The molecule has 4 nitrogen and oxygen atoms in total. The minimum Gasteiger partial charge on any atom is -0.398 e. The molecule has 0 aliphatic heterocycles. The van der Waals surface area contributed by atoms with Crippen molar-refractivity contribution in [2.24, 2.45) is 5.92 Å². The van der Waals surface area contributed by atoms with Gasteiger partial charge in [0.05, 0.1) is 18.1 Å². The fraction of sp³-hybridized carbons (Fsp3) is 0.429. The van der Waals surface area contributed by atoms with Crippen molar-refractivity contribution in [1.82, 2.24) is 4.90 Å². The minimum absolute atomic E-state index is 0.151. The summed E-state index contributed by atoms with van der Waals surface area (Å²) in [5, 5.41) is 8.63. The van der Waals surface area contributed by atoms with Crippen LogP contribution in [0.3, 0.4) is 0 Å². The molecule has 19 heavy (non-hydrogen) atoms. The lowest BCUT2D eigenvalue weighted by atomic mass is 10.1. The third-order valence-electron chi connectivity index (χ3n) is 2.61. The molecule has 0 aromatic heterocycles. The van der Waals surface area contributed by atoms with Crippen LogP contribution in [0.15, 0.2) is 18.2 Å². The van der Waals surface area contributed by atoms with Crippen molar-refractivity contribution >= 4 is 11.6 Å². The Bertz CT molecular complexity index is 494. The molecule has 1 aromatic carbocycles. The Hall–Kier alpha value is -2.09. The zero-order chi connectivity index (χ0) is 14.4. The molecule has 0 aliphatic rings. The van der Waals surface area contributed by atoms with Gasteiger partial charge in [-0.15, -0.1) is 0 Å². The first kappa shape index (κ1) is 15.0. The SMILES string of the molecule is CC(C)CN(CCC#N)C(=O)c1cc(F)ccc1N. The van der Waals surface area contributed by atoms with E-state index in [-0.39, 0.29) is 29.5 Å². The number of carbonyl (C=O) groups is 1. The number of nitrogen functional groups attached to an aromatic ring is 1. The second-order valence-corrected chi connectivity index (χ2v) is 4.78. The highest BCUT2D eigenvalue weighted by atomic mass is 19.1. The van der Waals surface area contributed by atoms with Gasteiger partial charge >= 0.3 is 0 Å². The van der Waals surface area contributed by atoms with Crippen LogP contribution in [-0.4, -0.2) is 23.9 Å². The third kappa shape index (κ3) is 4.25. The van der Waals surface area contributed by atoms with E-state index in [0.717, 1.165) is 6.07 Å². The quantitative estimate of drug-likeness (QED) is 0.829. The van der Waals surface area contributed by atoms with Crippen LogP contribution >= 0.6 is 0 Å². The summed E-state index contributed by atoms with van der Waals surface area (Å²) in [6, 6.07) is 5.73. The van der Waals surface area contributed by atoms with E-state index in [4.69, 9.17) is 11.0 Å². The molecule has 0 saturated carbocycles. The maximum absolute atomic E-state index is 13.2. The number of halogens is 1. The Morgan fingerprint density at radius 2 is 2.21 bits per heavy atom. The summed E-state index contributed by atoms with van der Waals surface area (Å²) >= 11 is 0. The number of amides is 1. The molecule has 1 aromatic rings. The number of nitrogens with zero attached hydrogens (tertiary/aromatic N) is 2. The van der Waals surface area contributed by atoms with Crippen LogP contribution in [0.4, 0.5) is 10.1 Å². The van der Waals surface area contributed by atoms with Gasteiger partial charge in [-0.3, -0.25) is 4.79 Å². The van der Waals surface area contributed by atoms with E-state index in [2.05, 4.69) is 0 Å². The van der Waals surface area contributed by atoms with Crippen LogP contribution in [0.5, 0.6) is 0 Å². The first-order valence-electron chi connectivity index (χ1n) is 6.17. The lowest BCUT2D eigenvalue weighted by molar-refractivity contribution is 0.0740. The van der Waals surface area contributed by atoms with Gasteiger partial charge in [0.15, 0.2) is 0 Å². The monoisotopic (exact) mass is 263 g/mol. The summed E-state index contributed by atoms with van der Waals surface area (Å²) in [6.45, 7) is 4.78. The van der Waals surface area contributed by atoms with Gasteiger partial charge in [-0.1, -0.05) is 13.8 Å². The van der Waals surface area contributed by atoms with Crippen molar-refractivity contribution in [2.45, 2.75) is 20.3 Å². The standard InChI is InChI=1S/C14H18FN3O/c1-10(2)9-18(7-3-6-16)14(19)12-8-11(15)4-5-13(12)17/h4-5,8,10H,3,7,9,17H2,1-2H3. The molecule has 0 aliphatic carbocycles. The van der Waals surface area contributed by atoms with Crippen LogP contribution < -0.4 is 5.73 Å². The molecular formula is C14H18FN3O. The third-order valence-corrected chi connectivity index (χ3v) is 2.61. The number of benzene rings is 1. The Balaban J connectivity index is 2.97. The van der Waals surface area contributed by atoms with E-state index >= 15 is 0 Å². The van der Waals surface area contributed by atoms with E-state index in [1.54, 1.807) is 4.90 Å². The van der Waals surface area contributed by atoms with Crippen LogP contribution in [0.25, 0.3) is 0 Å². The second kappa shape index (κ2) is 6.74. The van der Waals surface area contributed by atoms with E-state index in [1.165, 1.54) is 12.1 Å². The molecule has 5 heteroatoms. The van der Waals surface area contributed by atoms with Crippen LogP contribution in [0.1, 0.15) is 30.6 Å². The Kier molecular flexibility index (Phi) is 5.31. The van der Waals surface area contributed by atoms with Crippen molar-refractivity contribution in [3.63, 3.8) is 0 Å². The van der Waals surface area contributed by atoms with Gasteiger partial charge in [0, 0.05) is 18.8 Å². The molecule has 0 heterocycles. The molecule has 0 spiro atoms. The van der Waals surface area contributed by atoms with Crippen molar-refractivity contribution in [3.05, 3.63) is 29.6 Å². The largest absolute Gasteiger partial charge is 0.398 e. The van der Waals surface area contributed by atoms with Crippen LogP contribution in [0, 0.1) is 23.1 Å². The lowest BCUT2D eigenvalue weighted by Gasteiger charge is -2.24. The molecule has 0 saturated heterocycles. The summed E-state index contributed by atoms with van der Waals surface area (Å²) in [5.41, 5.74) is 6.11. The van der Waals surface area contributed by atoms with Crippen molar-refractivity contribution < 1.29 is 9.18 Å². The number of hydrogen-bond donors (Lipinski definition) is 1. The summed E-state index contributed by atoms with van der Waals surface area (Å²) in [4.78, 5) is 13.9. The maximum atomic E-state index is 13.2. The predicted octanol–water partition coefficient (Wildman–Crippen LogP) is 2.42. The number of hydrogen-bond acceptors (Lipinski definition) is 3. The Morgan fingerprint density at radius 3 is 2.79 bits per heavy atom. The minimum atomic E-state index is -0.498. The molecule has 0 radical (unpaired) electrons. The van der Waals surface area contributed by atoms with E-state index in [1.807, 2.05) is 19.9 Å². The number of nitriles is 1. The van der Waals surface area contributed by atoms with Crippen LogP contribution in [0.2, 0.25) is 0 Å². The summed E-state index contributed by atoms with van der Waals surface area (Å²) in [7, 11) is 0. The number of carbonyl (C=O) groups excluding carboxylic acids is 1. The molecule has 102 valence electrons. The highest BCUT2D eigenvalue weighted by Crippen LogP contribution is 2.17. The van der Waals surface area contributed by atoms with Gasteiger partial charge in [-0.25, -0.2) is 4.39 Å². The number of rotatable bonds is 5. The fourth-order valence-corrected chi connectivity index (χ4v) is 1.79. The molecule has 0 atom stereocenters. The summed E-state index contributed by atoms with van der Waals surface area (Å²) in [5.74, 6) is -0.569. The highest BCUT2D eigenvalue weighted by molar-refractivity contribution is 5.99. The highest BCUT2D eigenvalue weighted by Gasteiger charge is 2.19. The average molecular weight is 263 g/mol. The molecule has 0 fully saturated rings. The van der Waals surface area contributed by atoms with E-state index < -0.39 is 5.82 Å². The van der Waals surface area contributed by atoms with Gasteiger partial charge in [-0.05, 0) is 24.1 Å². The first-order valence-corrected chi connectivity index (χ1v) is 6.17. The van der Waals surface area contributed by atoms with Gasteiger partial charge in [0.25, 0.3) is 5.91 Å². The fourth-order valence-electron chi connectivity index (χ4n) is 1.79. The van der Waals surface area contributed by atoms with Crippen molar-refractivity contribution in [3.8, 4) is 6.07 Å². The zero-order valence-electron chi connectivity index (χ0n) is 11.2. The van der Waals surface area contributed by atoms with E-state index in [0.29, 0.717) is 13.1 Å². The van der Waals surface area contributed by atoms with E-state index in [9.17, 15) is 9.18 Å². The Labute approximate surface area is 112 Å². The van der Waals surface area contributed by atoms with Gasteiger partial charge < -0.3 is 10.6 Å². The average Bonchev–Trinajstić information content (AvgIpc) is 2.36. The summed E-state index contributed by atoms with van der Waals surface area (Å²) < 4.78 is 13.2. The van der Waals surface area contributed by atoms with Gasteiger partial charge in [0.2, 0.25) is 0 Å². The molecule has 0 unspecified atom stereocenters. The lowest BCUT2D eigenvalue weighted by Crippen LogP contribution is -2.35. The van der Waals surface area contributed by atoms with Crippen molar-refractivity contribution in [1.29, 1.82) is 5.26 Å². The zero-order valence-corrected chi connectivity index (χ0v) is 11.2. The van der Waals surface area contributed by atoms with Gasteiger partial charge in [0.1, 0.15) is 5.82 Å². The topological polar surface area (TPSA) is 70.1 Å². The Morgan fingerprint density at radius 1 is 1.53 bits per heavy atom. The smallest absolute Gasteiger partial charge is 0.256 e. The molecule has 0 bridgehead atoms. The summed E-state index contributed by atoms with van der Waals surface area (Å²) in [6.07, 6.45) is 0.244. The second-order valence-electron chi connectivity index (χ2n) is 4.78. The molecule has 1 amide bonds. The maximum Gasteiger partial charge on any atom is 0.256 e. The predicted molar refractivity (Wildman–Crippen MR) is 71.8 cm³/mol. The molecule has 1 rings (SSSR count). The van der Waals surface area contributed by atoms with Crippen molar-refractivity contribution in [2.75, 3.05) is 18.8 Å². The van der Waals surface area contributed by atoms with Crippen LogP contribution in [-0.2, 0) is 0 Å². The molecular weight excluding hydrogens is 245 g/mol. The normalized spacial score (nSPS) is 10.3. The van der Waals surface area contributed by atoms with Gasteiger partial charge in [-0.2, -0.15) is 5.26 Å². The number of anilines is 1. The molecule has 2 N–H and O–H groups in total.